The molecule has 2 unspecified atom stereocenters. The van der Waals surface area contributed by atoms with Crippen molar-refractivity contribution >= 4 is 47.0 Å². The second kappa shape index (κ2) is 11.8. The molecule has 6 nitrogen and oxygen atoms in total. The van der Waals surface area contributed by atoms with Gasteiger partial charge in [0.1, 0.15) is 10.7 Å². The van der Waals surface area contributed by atoms with Gasteiger partial charge in [0, 0.05) is 33.1 Å². The molecule has 1 saturated carbocycles. The van der Waals surface area contributed by atoms with Gasteiger partial charge in [-0.3, -0.25) is 0 Å². The minimum atomic E-state index is -1.81. The zero-order valence-electron chi connectivity index (χ0n) is 14.8. The van der Waals surface area contributed by atoms with Crippen molar-refractivity contribution in [3.8, 4) is 0 Å². The molecule has 0 aromatic carbocycles. The van der Waals surface area contributed by atoms with Gasteiger partial charge in [-0.1, -0.05) is 37.0 Å². The van der Waals surface area contributed by atoms with E-state index in [2.05, 4.69) is 22.6 Å². The van der Waals surface area contributed by atoms with E-state index in [1.54, 1.807) is 12.4 Å². The predicted molar refractivity (Wildman–Crippen MR) is 104 cm³/mol. The average molecular weight is 517 g/mol. The topological polar surface area (TPSA) is 91.4 Å². The molecule has 2 aromatic heterocycles. The first-order valence-electron chi connectivity index (χ1n) is 8.15. The number of thiol groups is 1. The molecule has 1 fully saturated rings. The van der Waals surface area contributed by atoms with E-state index in [4.69, 9.17) is 33.4 Å². The van der Waals surface area contributed by atoms with Crippen molar-refractivity contribution in [2.75, 3.05) is 6.61 Å². The molecule has 26 heavy (non-hydrogen) atoms. The first kappa shape index (κ1) is 26.1. The fourth-order valence-electron chi connectivity index (χ4n) is 2.67. The maximum atomic E-state index is 9.20. The quantitative estimate of drug-likeness (QED) is 0.212. The Kier molecular flexibility index (Phi) is 11.9. The van der Waals surface area contributed by atoms with E-state index in [0.717, 1.165) is 31.8 Å². The summed E-state index contributed by atoms with van der Waals surface area (Å²) >= 11 is 15.3. The Hall–Kier alpha value is 0.0923. The van der Waals surface area contributed by atoms with Crippen LogP contribution in [0.3, 0.4) is 0 Å². The van der Waals surface area contributed by atoms with Gasteiger partial charge in [-0.2, -0.15) is 0 Å². The molecule has 1 aliphatic carbocycles. The number of fused-ring (bicyclic) bond motifs is 1. The van der Waals surface area contributed by atoms with Gasteiger partial charge in [-0.05, 0) is 38.2 Å². The maximum Gasteiger partial charge on any atom is 0.207 e. The minimum Gasteiger partial charge on any atom is -0.396 e. The SMILES string of the molecule is CC.CC(O)(O)S.OCC1CCC(n2cnc3c(Cl)cc(Cl)nc32)C1.[Pd]. The molecule has 0 aliphatic heterocycles. The molecule has 2 aromatic rings. The van der Waals surface area contributed by atoms with Crippen molar-refractivity contribution in [2.45, 2.75) is 51.2 Å². The average Bonchev–Trinajstić information content (AvgIpc) is 3.13. The van der Waals surface area contributed by atoms with Gasteiger partial charge >= 0.3 is 0 Å². The van der Waals surface area contributed by atoms with Crippen LogP contribution in [0.1, 0.15) is 46.1 Å². The van der Waals surface area contributed by atoms with E-state index < -0.39 is 5.12 Å². The molecule has 2 heterocycles. The number of halogens is 2. The van der Waals surface area contributed by atoms with Crippen molar-refractivity contribution < 1.29 is 35.7 Å². The molecular formula is C16H25Cl2N3O3PdS. The summed E-state index contributed by atoms with van der Waals surface area (Å²) in [5.41, 5.74) is 1.42. The van der Waals surface area contributed by atoms with Crippen LogP contribution in [0.4, 0.5) is 0 Å². The molecule has 0 spiro atoms. The summed E-state index contributed by atoms with van der Waals surface area (Å²) in [6, 6.07) is 1.93. The molecular weight excluding hydrogens is 492 g/mol. The molecule has 0 radical (unpaired) electrons. The summed E-state index contributed by atoms with van der Waals surface area (Å²) < 4.78 is 2.03. The van der Waals surface area contributed by atoms with E-state index in [1.165, 1.54) is 0 Å². The fourth-order valence-corrected chi connectivity index (χ4v) is 3.16. The second-order valence-corrected chi connectivity index (χ2v) is 7.38. The third kappa shape index (κ3) is 7.99. The molecule has 2 atom stereocenters. The standard InChI is InChI=1S/C12H13Cl2N3O.C2H6O2S.C2H6.Pd/c13-9-4-10(14)16-12-11(9)15-6-17(12)8-2-1-7(3-8)5-18;1-2(3,4)5;1-2;/h4,6-8,18H,1-3,5H2;3-5H,1H3;1-2H3;. The van der Waals surface area contributed by atoms with Crippen molar-refractivity contribution in [1.29, 1.82) is 0 Å². The Morgan fingerprint density at radius 2 is 1.88 bits per heavy atom. The smallest absolute Gasteiger partial charge is 0.207 e. The molecule has 0 amide bonds. The first-order valence-corrected chi connectivity index (χ1v) is 9.36. The largest absolute Gasteiger partial charge is 0.396 e. The van der Waals surface area contributed by atoms with Crippen LogP contribution in [0, 0.1) is 5.92 Å². The summed E-state index contributed by atoms with van der Waals surface area (Å²) in [6.07, 6.45) is 4.79. The molecule has 0 bridgehead atoms. The summed E-state index contributed by atoms with van der Waals surface area (Å²) in [5, 5.41) is 24.2. The van der Waals surface area contributed by atoms with Crippen LogP contribution in [0.2, 0.25) is 10.2 Å². The number of hydrogen-bond acceptors (Lipinski definition) is 6. The maximum absolute atomic E-state index is 9.20. The van der Waals surface area contributed by atoms with Crippen molar-refractivity contribution in [1.82, 2.24) is 14.5 Å². The van der Waals surface area contributed by atoms with Crippen molar-refractivity contribution in [3.05, 3.63) is 22.6 Å². The van der Waals surface area contributed by atoms with Crippen LogP contribution in [-0.2, 0) is 20.4 Å². The number of rotatable bonds is 2. The van der Waals surface area contributed by atoms with E-state index in [9.17, 15) is 5.11 Å². The van der Waals surface area contributed by atoms with Gasteiger partial charge in [0.15, 0.2) is 5.65 Å². The number of aliphatic hydroxyl groups excluding tert-OH is 1. The number of aliphatic hydroxyl groups is 3. The van der Waals surface area contributed by atoms with Gasteiger partial charge in [0.25, 0.3) is 0 Å². The van der Waals surface area contributed by atoms with E-state index in [-0.39, 0.29) is 27.0 Å². The van der Waals surface area contributed by atoms with Crippen molar-refractivity contribution in [3.63, 3.8) is 0 Å². The van der Waals surface area contributed by atoms with Crippen LogP contribution >= 0.6 is 35.8 Å². The van der Waals surface area contributed by atoms with E-state index in [1.807, 2.05) is 18.4 Å². The van der Waals surface area contributed by atoms with E-state index in [0.29, 0.717) is 27.7 Å². The molecule has 3 rings (SSSR count). The number of imidazole rings is 1. The van der Waals surface area contributed by atoms with Crippen LogP contribution in [-0.4, -0.2) is 41.6 Å². The Morgan fingerprint density at radius 3 is 2.38 bits per heavy atom. The Bertz CT molecular complexity index is 677. The minimum absolute atomic E-state index is 0. The Balaban J connectivity index is 0.000000683. The van der Waals surface area contributed by atoms with Gasteiger partial charge < -0.3 is 19.9 Å². The molecule has 152 valence electrons. The van der Waals surface area contributed by atoms with Crippen LogP contribution in [0.5, 0.6) is 0 Å². The molecule has 1 aliphatic rings. The number of nitrogens with zero attached hydrogens (tertiary/aromatic N) is 3. The third-order valence-electron chi connectivity index (χ3n) is 3.62. The van der Waals surface area contributed by atoms with Gasteiger partial charge in [0.2, 0.25) is 5.12 Å². The van der Waals surface area contributed by atoms with Crippen molar-refractivity contribution in [2.24, 2.45) is 5.92 Å². The Morgan fingerprint density at radius 1 is 1.31 bits per heavy atom. The molecule has 0 saturated heterocycles. The summed E-state index contributed by atoms with van der Waals surface area (Å²) in [4.78, 5) is 8.61. The molecule has 10 heteroatoms. The third-order valence-corrected chi connectivity index (χ3v) is 4.10. The first-order chi connectivity index (χ1) is 11.7. The normalized spacial score (nSPS) is 19.1. The molecule has 3 N–H and O–H groups in total. The second-order valence-electron chi connectivity index (χ2n) is 5.74. The van der Waals surface area contributed by atoms with Gasteiger partial charge in [-0.25, -0.2) is 9.97 Å². The van der Waals surface area contributed by atoms with Gasteiger partial charge in [0.05, 0.1) is 11.3 Å². The number of hydrogen-bond donors (Lipinski definition) is 4. The zero-order chi connectivity index (χ0) is 19.2. The zero-order valence-corrected chi connectivity index (χ0v) is 18.8. The van der Waals surface area contributed by atoms with Crippen LogP contribution in [0.15, 0.2) is 12.4 Å². The predicted octanol–water partition coefficient (Wildman–Crippen LogP) is 3.67. The summed E-state index contributed by atoms with van der Waals surface area (Å²) in [7, 11) is 0. The fraction of sp³-hybridized carbons (Fsp3) is 0.625. The van der Waals surface area contributed by atoms with Crippen LogP contribution in [0.25, 0.3) is 11.2 Å². The summed E-state index contributed by atoms with van der Waals surface area (Å²) in [5.74, 6) is 0.377. The number of pyridine rings is 1. The van der Waals surface area contributed by atoms with Gasteiger partial charge in [-0.15, -0.1) is 12.6 Å². The summed E-state index contributed by atoms with van der Waals surface area (Å²) in [6.45, 7) is 5.41. The Labute approximate surface area is 183 Å². The van der Waals surface area contributed by atoms with E-state index >= 15 is 0 Å². The number of aromatic nitrogens is 3. The van der Waals surface area contributed by atoms with Crippen LogP contribution < -0.4 is 0 Å². The monoisotopic (exact) mass is 515 g/mol.